The molecular formula is C18H29N3O5S. The van der Waals surface area contributed by atoms with E-state index in [9.17, 15) is 13.2 Å². The summed E-state index contributed by atoms with van der Waals surface area (Å²) in [5, 5.41) is 2.98. The van der Waals surface area contributed by atoms with Crippen molar-refractivity contribution in [2.45, 2.75) is 25.8 Å². The number of rotatable bonds is 7. The number of nitrogens with one attached hydrogen (secondary N) is 1. The Morgan fingerprint density at radius 2 is 2.00 bits per heavy atom. The van der Waals surface area contributed by atoms with E-state index < -0.39 is 10.2 Å². The van der Waals surface area contributed by atoms with Crippen LogP contribution in [0.1, 0.15) is 31.4 Å². The molecule has 8 nitrogen and oxygen atoms in total. The van der Waals surface area contributed by atoms with Gasteiger partial charge in [-0.05, 0) is 38.0 Å². The van der Waals surface area contributed by atoms with E-state index in [1.165, 1.54) is 22.7 Å². The number of benzene rings is 1. The Morgan fingerprint density at radius 1 is 1.30 bits per heavy atom. The van der Waals surface area contributed by atoms with E-state index >= 15 is 0 Å². The zero-order valence-electron chi connectivity index (χ0n) is 16.6. The fraction of sp³-hybridized carbons (Fsp3) is 0.611. The van der Waals surface area contributed by atoms with Crippen LogP contribution in [0.25, 0.3) is 0 Å². The molecule has 27 heavy (non-hydrogen) atoms. The maximum absolute atomic E-state index is 12.8. The largest absolute Gasteiger partial charge is 0.497 e. The minimum absolute atomic E-state index is 0.161. The molecule has 1 aliphatic heterocycles. The Kier molecular flexibility index (Phi) is 7.07. The first-order valence-electron chi connectivity index (χ1n) is 8.90. The minimum atomic E-state index is -3.52. The molecule has 1 N–H and O–H groups in total. The molecule has 0 aliphatic carbocycles. The highest BCUT2D eigenvalue weighted by molar-refractivity contribution is 7.86. The minimum Gasteiger partial charge on any atom is -0.497 e. The molecule has 152 valence electrons. The van der Waals surface area contributed by atoms with Crippen molar-refractivity contribution in [3.8, 4) is 11.5 Å². The third kappa shape index (κ3) is 4.91. The van der Waals surface area contributed by atoms with Crippen molar-refractivity contribution in [2.24, 2.45) is 5.92 Å². The van der Waals surface area contributed by atoms with E-state index in [2.05, 4.69) is 5.32 Å². The molecule has 0 saturated carbocycles. The van der Waals surface area contributed by atoms with Crippen LogP contribution in [-0.2, 0) is 15.0 Å². The highest BCUT2D eigenvalue weighted by atomic mass is 32.2. The average molecular weight is 400 g/mol. The number of amides is 1. The Labute approximate surface area is 161 Å². The molecule has 1 aromatic rings. The van der Waals surface area contributed by atoms with E-state index in [1.54, 1.807) is 26.4 Å². The van der Waals surface area contributed by atoms with Gasteiger partial charge < -0.3 is 14.8 Å². The van der Waals surface area contributed by atoms with Crippen molar-refractivity contribution in [2.75, 3.05) is 41.4 Å². The van der Waals surface area contributed by atoms with E-state index in [0.29, 0.717) is 30.9 Å². The molecule has 0 radical (unpaired) electrons. The van der Waals surface area contributed by atoms with Crippen LogP contribution in [0.5, 0.6) is 11.5 Å². The van der Waals surface area contributed by atoms with Crippen LogP contribution in [0.15, 0.2) is 18.2 Å². The maximum atomic E-state index is 12.8. The molecule has 1 aromatic carbocycles. The molecule has 2 rings (SSSR count). The third-order valence-electron chi connectivity index (χ3n) is 4.80. The van der Waals surface area contributed by atoms with Gasteiger partial charge in [-0.2, -0.15) is 17.0 Å². The van der Waals surface area contributed by atoms with E-state index in [0.717, 1.165) is 5.56 Å². The third-order valence-corrected chi connectivity index (χ3v) is 6.71. The number of hydrogen-bond acceptors (Lipinski definition) is 5. The number of nitrogens with zero attached hydrogens (tertiary/aromatic N) is 2. The van der Waals surface area contributed by atoms with Crippen LogP contribution in [0.3, 0.4) is 0 Å². The Bertz CT molecular complexity index is 766. The fourth-order valence-electron chi connectivity index (χ4n) is 3.18. The summed E-state index contributed by atoms with van der Waals surface area (Å²) in [6, 6.07) is 5.11. The predicted molar refractivity (Wildman–Crippen MR) is 103 cm³/mol. The number of hydrogen-bond donors (Lipinski definition) is 1. The second kappa shape index (κ2) is 8.90. The van der Waals surface area contributed by atoms with Crippen molar-refractivity contribution in [3.63, 3.8) is 0 Å². The topological polar surface area (TPSA) is 88.2 Å². The lowest BCUT2D eigenvalue weighted by Gasteiger charge is -2.33. The highest BCUT2D eigenvalue weighted by Gasteiger charge is 2.34. The first kappa shape index (κ1) is 21.5. The quantitative estimate of drug-likeness (QED) is 0.749. The average Bonchev–Trinajstić information content (AvgIpc) is 2.67. The van der Waals surface area contributed by atoms with E-state index in [4.69, 9.17) is 9.47 Å². The highest BCUT2D eigenvalue weighted by Crippen LogP contribution is 2.30. The summed E-state index contributed by atoms with van der Waals surface area (Å²) in [5.41, 5.74) is 0.804. The van der Waals surface area contributed by atoms with Gasteiger partial charge in [0.15, 0.2) is 0 Å². The van der Waals surface area contributed by atoms with Crippen LogP contribution in [0.2, 0.25) is 0 Å². The van der Waals surface area contributed by atoms with Crippen LogP contribution in [0, 0.1) is 5.92 Å². The molecule has 0 unspecified atom stereocenters. The maximum Gasteiger partial charge on any atom is 0.281 e. The molecule has 1 saturated heterocycles. The van der Waals surface area contributed by atoms with Crippen LogP contribution < -0.4 is 14.8 Å². The fourth-order valence-corrected chi connectivity index (χ4v) is 4.37. The van der Waals surface area contributed by atoms with E-state index in [1.807, 2.05) is 13.0 Å². The van der Waals surface area contributed by atoms with Crippen molar-refractivity contribution in [3.05, 3.63) is 23.8 Å². The summed E-state index contributed by atoms with van der Waals surface area (Å²) in [5.74, 6) is 0.787. The van der Waals surface area contributed by atoms with Gasteiger partial charge in [-0.3, -0.25) is 4.79 Å². The lowest BCUT2D eigenvalue weighted by atomic mass is 9.97. The first-order valence-corrected chi connectivity index (χ1v) is 10.3. The predicted octanol–water partition coefficient (Wildman–Crippen LogP) is 1.40. The summed E-state index contributed by atoms with van der Waals surface area (Å²) in [7, 11) is 2.63. The normalized spacial score (nSPS) is 19.6. The van der Waals surface area contributed by atoms with Crippen LogP contribution >= 0.6 is 0 Å². The second-order valence-electron chi connectivity index (χ2n) is 6.83. The SMILES string of the molecule is COc1ccc(OC)c([C@@H](C)NC(=O)[C@H]2CCCN(S(=O)(=O)N(C)C)C2)c1. The van der Waals surface area contributed by atoms with E-state index in [-0.39, 0.29) is 24.4 Å². The summed E-state index contributed by atoms with van der Waals surface area (Å²) in [6.07, 6.45) is 1.31. The molecule has 1 heterocycles. The zero-order valence-corrected chi connectivity index (χ0v) is 17.4. The van der Waals surface area contributed by atoms with Crippen molar-refractivity contribution < 1.29 is 22.7 Å². The molecular weight excluding hydrogens is 370 g/mol. The lowest BCUT2D eigenvalue weighted by molar-refractivity contribution is -0.126. The standard InChI is InChI=1S/C18H29N3O5S/c1-13(16-11-15(25-4)8-9-17(16)26-5)19-18(22)14-7-6-10-21(12-14)27(23,24)20(2)3/h8-9,11,13-14H,6-7,10,12H2,1-5H3,(H,19,22)/t13-,14+/m1/s1. The number of carbonyl (C=O) groups is 1. The van der Waals surface area contributed by atoms with Gasteiger partial charge in [0.25, 0.3) is 10.2 Å². The molecule has 9 heteroatoms. The molecule has 0 aromatic heterocycles. The summed E-state index contributed by atoms with van der Waals surface area (Å²) < 4.78 is 37.9. The molecule has 1 amide bonds. The van der Waals surface area contributed by atoms with Gasteiger partial charge in [0.05, 0.1) is 26.2 Å². The van der Waals surface area contributed by atoms with Crippen molar-refractivity contribution in [1.29, 1.82) is 0 Å². The monoisotopic (exact) mass is 399 g/mol. The van der Waals surface area contributed by atoms with Crippen LogP contribution in [-0.4, -0.2) is 64.3 Å². The smallest absolute Gasteiger partial charge is 0.281 e. The molecule has 2 atom stereocenters. The van der Waals surface area contributed by atoms with Crippen molar-refractivity contribution >= 4 is 16.1 Å². The van der Waals surface area contributed by atoms with Crippen LogP contribution in [0.4, 0.5) is 0 Å². The number of ether oxygens (including phenoxy) is 2. The molecule has 0 spiro atoms. The summed E-state index contributed by atoms with van der Waals surface area (Å²) in [6.45, 7) is 2.49. The van der Waals surface area contributed by atoms with Gasteiger partial charge in [-0.25, -0.2) is 0 Å². The van der Waals surface area contributed by atoms with Gasteiger partial charge in [0.2, 0.25) is 5.91 Å². The summed E-state index contributed by atoms with van der Waals surface area (Å²) >= 11 is 0. The second-order valence-corrected chi connectivity index (χ2v) is 8.97. The Balaban J connectivity index is 2.10. The number of carbonyl (C=O) groups excluding carboxylic acids is 1. The Hall–Kier alpha value is -1.84. The summed E-state index contributed by atoms with van der Waals surface area (Å²) in [4.78, 5) is 12.8. The van der Waals surface area contributed by atoms with Crippen molar-refractivity contribution in [1.82, 2.24) is 13.9 Å². The lowest BCUT2D eigenvalue weighted by Crippen LogP contribution is -2.49. The molecule has 0 bridgehead atoms. The van der Waals surface area contributed by atoms with Gasteiger partial charge in [0, 0.05) is 32.7 Å². The van der Waals surface area contributed by atoms with Gasteiger partial charge in [-0.15, -0.1) is 0 Å². The first-order chi connectivity index (χ1) is 12.7. The van der Waals surface area contributed by atoms with Gasteiger partial charge in [-0.1, -0.05) is 0 Å². The Morgan fingerprint density at radius 3 is 2.59 bits per heavy atom. The van der Waals surface area contributed by atoms with Gasteiger partial charge >= 0.3 is 0 Å². The molecule has 1 aliphatic rings. The zero-order chi connectivity index (χ0) is 20.2. The number of piperidine rings is 1. The number of methoxy groups -OCH3 is 2. The molecule has 1 fully saturated rings. The van der Waals surface area contributed by atoms with Gasteiger partial charge in [0.1, 0.15) is 11.5 Å².